The summed E-state index contributed by atoms with van der Waals surface area (Å²) in [7, 11) is 2.25. The van der Waals surface area contributed by atoms with Gasteiger partial charge in [0.05, 0.1) is 0 Å². The van der Waals surface area contributed by atoms with Crippen molar-refractivity contribution in [3.05, 3.63) is 0 Å². The maximum atomic E-state index is 3.43. The van der Waals surface area contributed by atoms with Crippen molar-refractivity contribution in [2.45, 2.75) is 25.4 Å². The maximum absolute atomic E-state index is 3.43. The van der Waals surface area contributed by atoms with Crippen LogP contribution in [0.15, 0.2) is 0 Å². The highest BCUT2D eigenvalue weighted by molar-refractivity contribution is 4.96. The number of nitrogens with one attached hydrogen (secondary N) is 1. The standard InChI is InChI=1S/C8H16N2/c1-6-3-7-4-9-5-8(7)10(6)2/h6-9H,3-5H2,1-2H3/t6-,7+,8-/m0/s1. The van der Waals surface area contributed by atoms with Gasteiger partial charge in [-0.1, -0.05) is 0 Å². The highest BCUT2D eigenvalue weighted by Gasteiger charge is 2.39. The van der Waals surface area contributed by atoms with Crippen molar-refractivity contribution in [2.75, 3.05) is 20.1 Å². The van der Waals surface area contributed by atoms with Gasteiger partial charge in [0.15, 0.2) is 0 Å². The molecular weight excluding hydrogens is 124 g/mol. The van der Waals surface area contributed by atoms with Crippen LogP contribution in [0.2, 0.25) is 0 Å². The van der Waals surface area contributed by atoms with E-state index in [-0.39, 0.29) is 0 Å². The van der Waals surface area contributed by atoms with E-state index in [1.807, 2.05) is 0 Å². The third-order valence-corrected chi connectivity index (χ3v) is 3.17. The second kappa shape index (κ2) is 2.21. The summed E-state index contributed by atoms with van der Waals surface area (Å²) in [5.41, 5.74) is 0. The summed E-state index contributed by atoms with van der Waals surface area (Å²) in [6.07, 6.45) is 1.40. The summed E-state index contributed by atoms with van der Waals surface area (Å²) in [4.78, 5) is 2.52. The number of hydrogen-bond donors (Lipinski definition) is 1. The van der Waals surface area contributed by atoms with Gasteiger partial charge in [0, 0.05) is 18.6 Å². The Hall–Kier alpha value is -0.0800. The third-order valence-electron chi connectivity index (χ3n) is 3.17. The molecule has 2 fully saturated rings. The highest BCUT2D eigenvalue weighted by atomic mass is 15.2. The average molecular weight is 140 g/mol. The van der Waals surface area contributed by atoms with Gasteiger partial charge in [0.1, 0.15) is 0 Å². The molecule has 0 bridgehead atoms. The molecule has 58 valence electrons. The first-order valence-corrected chi connectivity index (χ1v) is 4.21. The first-order chi connectivity index (χ1) is 4.79. The molecule has 10 heavy (non-hydrogen) atoms. The third kappa shape index (κ3) is 0.789. The Kier molecular flexibility index (Phi) is 1.46. The van der Waals surface area contributed by atoms with Crippen LogP contribution in [0.25, 0.3) is 0 Å². The molecule has 0 aromatic heterocycles. The molecular formula is C8H16N2. The van der Waals surface area contributed by atoms with E-state index >= 15 is 0 Å². The number of nitrogens with zero attached hydrogens (tertiary/aromatic N) is 1. The predicted molar refractivity (Wildman–Crippen MR) is 42.0 cm³/mol. The molecule has 0 amide bonds. The van der Waals surface area contributed by atoms with E-state index in [4.69, 9.17) is 0 Å². The van der Waals surface area contributed by atoms with Gasteiger partial charge >= 0.3 is 0 Å². The monoisotopic (exact) mass is 140 g/mol. The first kappa shape index (κ1) is 6.62. The largest absolute Gasteiger partial charge is 0.315 e. The second-order valence-electron chi connectivity index (χ2n) is 3.74. The number of hydrogen-bond acceptors (Lipinski definition) is 2. The SMILES string of the molecule is C[C@H]1C[C@@H]2CNC[C@@H]2N1C. The fraction of sp³-hybridized carbons (Fsp3) is 1.00. The zero-order chi connectivity index (χ0) is 7.14. The molecule has 2 heterocycles. The van der Waals surface area contributed by atoms with Gasteiger partial charge in [0.2, 0.25) is 0 Å². The van der Waals surface area contributed by atoms with Gasteiger partial charge in [-0.15, -0.1) is 0 Å². The zero-order valence-electron chi connectivity index (χ0n) is 6.80. The van der Waals surface area contributed by atoms with Crippen LogP contribution in [-0.4, -0.2) is 37.1 Å². The van der Waals surface area contributed by atoms with Gasteiger partial charge in [-0.2, -0.15) is 0 Å². The summed E-state index contributed by atoms with van der Waals surface area (Å²) < 4.78 is 0. The molecule has 0 radical (unpaired) electrons. The van der Waals surface area contributed by atoms with Crippen molar-refractivity contribution < 1.29 is 0 Å². The van der Waals surface area contributed by atoms with E-state index in [9.17, 15) is 0 Å². The van der Waals surface area contributed by atoms with Crippen LogP contribution in [-0.2, 0) is 0 Å². The van der Waals surface area contributed by atoms with Crippen LogP contribution in [0.1, 0.15) is 13.3 Å². The Bertz CT molecular complexity index is 133. The summed E-state index contributed by atoms with van der Waals surface area (Å²) in [6, 6.07) is 1.66. The van der Waals surface area contributed by atoms with Gasteiger partial charge in [-0.3, -0.25) is 4.90 Å². The number of likely N-dealkylation sites (tertiary alicyclic amines) is 1. The van der Waals surface area contributed by atoms with E-state index < -0.39 is 0 Å². The Morgan fingerprint density at radius 2 is 2.20 bits per heavy atom. The molecule has 2 aliphatic heterocycles. The van der Waals surface area contributed by atoms with E-state index in [0.29, 0.717) is 0 Å². The summed E-state index contributed by atoms with van der Waals surface area (Å²) in [6.45, 7) is 4.79. The molecule has 2 nitrogen and oxygen atoms in total. The van der Waals surface area contributed by atoms with Crippen LogP contribution < -0.4 is 5.32 Å². The summed E-state index contributed by atoms with van der Waals surface area (Å²) >= 11 is 0. The van der Waals surface area contributed by atoms with Crippen molar-refractivity contribution in [3.63, 3.8) is 0 Å². The Labute approximate surface area is 62.6 Å². The minimum absolute atomic E-state index is 0.817. The van der Waals surface area contributed by atoms with Crippen molar-refractivity contribution >= 4 is 0 Å². The lowest BCUT2D eigenvalue weighted by atomic mass is 10.0. The van der Waals surface area contributed by atoms with Crippen molar-refractivity contribution in [1.82, 2.24) is 10.2 Å². The highest BCUT2D eigenvalue weighted by Crippen LogP contribution is 2.30. The Balaban J connectivity index is 2.09. The zero-order valence-corrected chi connectivity index (χ0v) is 6.80. The molecule has 3 atom stereocenters. The number of fused-ring (bicyclic) bond motifs is 1. The minimum Gasteiger partial charge on any atom is -0.315 e. The average Bonchev–Trinajstić information content (AvgIpc) is 2.41. The number of rotatable bonds is 0. The lowest BCUT2D eigenvalue weighted by Gasteiger charge is -2.21. The van der Waals surface area contributed by atoms with Crippen LogP contribution >= 0.6 is 0 Å². The lowest BCUT2D eigenvalue weighted by Crippen LogP contribution is -2.34. The Morgan fingerprint density at radius 3 is 2.90 bits per heavy atom. The maximum Gasteiger partial charge on any atom is 0.0261 e. The van der Waals surface area contributed by atoms with E-state index in [2.05, 4.69) is 24.2 Å². The molecule has 0 saturated carbocycles. The van der Waals surface area contributed by atoms with Crippen molar-refractivity contribution in [1.29, 1.82) is 0 Å². The van der Waals surface area contributed by atoms with Crippen LogP contribution in [0.3, 0.4) is 0 Å². The van der Waals surface area contributed by atoms with E-state index in [1.54, 1.807) is 0 Å². The molecule has 2 aliphatic rings. The van der Waals surface area contributed by atoms with Crippen molar-refractivity contribution in [3.8, 4) is 0 Å². The number of likely N-dealkylation sites (N-methyl/N-ethyl adjacent to an activating group) is 1. The second-order valence-corrected chi connectivity index (χ2v) is 3.74. The quantitative estimate of drug-likeness (QED) is 0.520. The molecule has 1 N–H and O–H groups in total. The van der Waals surface area contributed by atoms with Crippen LogP contribution in [0, 0.1) is 5.92 Å². The molecule has 0 spiro atoms. The van der Waals surface area contributed by atoms with Crippen LogP contribution in [0.5, 0.6) is 0 Å². The fourth-order valence-corrected chi connectivity index (χ4v) is 2.37. The minimum atomic E-state index is 0.817. The normalized spacial score (nSPS) is 48.0. The molecule has 0 aromatic rings. The fourth-order valence-electron chi connectivity index (χ4n) is 2.37. The topological polar surface area (TPSA) is 15.3 Å². The van der Waals surface area contributed by atoms with Crippen molar-refractivity contribution in [2.24, 2.45) is 5.92 Å². The molecule has 2 rings (SSSR count). The van der Waals surface area contributed by atoms with Gasteiger partial charge < -0.3 is 5.32 Å². The lowest BCUT2D eigenvalue weighted by molar-refractivity contribution is 0.255. The predicted octanol–water partition coefficient (Wildman–Crippen LogP) is 0.298. The Morgan fingerprint density at radius 1 is 1.40 bits per heavy atom. The van der Waals surface area contributed by atoms with Gasteiger partial charge in [-0.25, -0.2) is 0 Å². The van der Waals surface area contributed by atoms with Gasteiger partial charge in [0.25, 0.3) is 0 Å². The van der Waals surface area contributed by atoms with Crippen LogP contribution in [0.4, 0.5) is 0 Å². The van der Waals surface area contributed by atoms with E-state index in [0.717, 1.165) is 18.0 Å². The molecule has 2 heteroatoms. The smallest absolute Gasteiger partial charge is 0.0261 e. The molecule has 0 aromatic carbocycles. The van der Waals surface area contributed by atoms with E-state index in [1.165, 1.54) is 19.5 Å². The molecule has 0 aliphatic carbocycles. The first-order valence-electron chi connectivity index (χ1n) is 4.21. The molecule has 0 unspecified atom stereocenters. The summed E-state index contributed by atoms with van der Waals surface area (Å²) in [5.74, 6) is 0.944. The molecule has 2 saturated heterocycles. The summed E-state index contributed by atoms with van der Waals surface area (Å²) in [5, 5.41) is 3.43. The van der Waals surface area contributed by atoms with Gasteiger partial charge in [-0.05, 0) is 32.9 Å².